The number of carboxylic acid groups (broad SMARTS) is 2. The van der Waals surface area contributed by atoms with E-state index in [-0.39, 0.29) is 74.0 Å². The van der Waals surface area contributed by atoms with Crippen molar-refractivity contribution in [3.05, 3.63) is 47.5 Å². The maximum atomic E-state index is 10.4. The van der Waals surface area contributed by atoms with Crippen molar-refractivity contribution >= 4 is 11.9 Å². The third-order valence-electron chi connectivity index (χ3n) is 2.86. The SMILES string of the molecule is COc1ccc(C(=O)O)c(O)c1.COc1ccc(C(=O)[O-])c(O)c1.[K+]. The summed E-state index contributed by atoms with van der Waals surface area (Å²) in [5.41, 5.74) is -0.369. The van der Waals surface area contributed by atoms with E-state index in [0.717, 1.165) is 0 Å². The predicted octanol–water partition coefficient (Wildman–Crippen LogP) is -2.13. The Labute approximate surface area is 186 Å². The molecule has 0 aliphatic carbocycles. The number of carbonyl (C=O) groups excluding carboxylic acids is 1. The first-order valence-corrected chi connectivity index (χ1v) is 6.48. The van der Waals surface area contributed by atoms with Gasteiger partial charge in [-0.1, -0.05) is 0 Å². The van der Waals surface area contributed by atoms with Gasteiger partial charge in [-0.2, -0.15) is 0 Å². The monoisotopic (exact) mass is 374 g/mol. The molecular weight excluding hydrogens is 359 g/mol. The van der Waals surface area contributed by atoms with Crippen molar-refractivity contribution in [2.24, 2.45) is 0 Å². The number of ether oxygens (including phenoxy) is 2. The van der Waals surface area contributed by atoms with Crippen LogP contribution < -0.4 is 66.0 Å². The van der Waals surface area contributed by atoms with Crippen molar-refractivity contribution < 1.29 is 90.9 Å². The molecule has 0 bridgehead atoms. The molecule has 0 amide bonds. The van der Waals surface area contributed by atoms with Gasteiger partial charge in [-0.3, -0.25) is 0 Å². The van der Waals surface area contributed by atoms with Crippen LogP contribution in [0, 0.1) is 0 Å². The fraction of sp³-hybridized carbons (Fsp3) is 0.125. The molecule has 0 spiro atoms. The van der Waals surface area contributed by atoms with Crippen LogP contribution in [-0.2, 0) is 0 Å². The smallest absolute Gasteiger partial charge is 0.545 e. The van der Waals surface area contributed by atoms with E-state index in [1.54, 1.807) is 0 Å². The summed E-state index contributed by atoms with van der Waals surface area (Å²) in [6.07, 6.45) is 0. The van der Waals surface area contributed by atoms with Crippen LogP contribution in [0.15, 0.2) is 36.4 Å². The molecule has 0 aliphatic rings. The summed E-state index contributed by atoms with van der Waals surface area (Å²) in [7, 11) is 2.86. The van der Waals surface area contributed by atoms with E-state index in [9.17, 15) is 14.7 Å². The third-order valence-corrected chi connectivity index (χ3v) is 2.86. The van der Waals surface area contributed by atoms with Crippen molar-refractivity contribution in [3.8, 4) is 23.0 Å². The average Bonchev–Trinajstić information content (AvgIpc) is 2.54. The minimum absolute atomic E-state index is 0. The van der Waals surface area contributed by atoms with Crippen LogP contribution in [0.25, 0.3) is 0 Å². The Kier molecular flexibility index (Phi) is 10.2. The largest absolute Gasteiger partial charge is 1.00 e. The molecule has 2 rings (SSSR count). The Bertz CT molecular complexity index is 681. The summed E-state index contributed by atoms with van der Waals surface area (Å²) in [5.74, 6) is -2.38. The van der Waals surface area contributed by atoms with Gasteiger partial charge >= 0.3 is 57.4 Å². The molecule has 0 radical (unpaired) electrons. The van der Waals surface area contributed by atoms with Crippen LogP contribution in [0.1, 0.15) is 20.7 Å². The standard InChI is InChI=1S/2C8H8O4.K/c2*1-12-5-2-3-6(8(10)11)7(9)4-5;/h2*2-4,9H,1H3,(H,10,11);/q;;+1/p-1. The van der Waals surface area contributed by atoms with Crippen molar-refractivity contribution in [3.63, 3.8) is 0 Å². The van der Waals surface area contributed by atoms with E-state index in [1.807, 2.05) is 0 Å². The Hall–Kier alpha value is -1.78. The quantitative estimate of drug-likeness (QED) is 0.516. The van der Waals surface area contributed by atoms with Gasteiger partial charge in [0, 0.05) is 17.7 Å². The summed E-state index contributed by atoms with van der Waals surface area (Å²) in [6.45, 7) is 0. The zero-order chi connectivity index (χ0) is 18.3. The zero-order valence-corrected chi connectivity index (χ0v) is 17.0. The number of aromatic hydroxyl groups is 2. The molecule has 0 unspecified atom stereocenters. The number of aromatic carboxylic acids is 2. The third kappa shape index (κ3) is 6.92. The van der Waals surface area contributed by atoms with E-state index in [4.69, 9.17) is 24.8 Å². The fourth-order valence-electron chi connectivity index (χ4n) is 1.63. The van der Waals surface area contributed by atoms with Gasteiger partial charge in [-0.25, -0.2) is 4.79 Å². The summed E-state index contributed by atoms with van der Waals surface area (Å²) in [5, 5.41) is 37.1. The molecule has 0 atom stereocenters. The average molecular weight is 374 g/mol. The Balaban J connectivity index is 0.000000443. The number of hydrogen-bond donors (Lipinski definition) is 3. The first-order chi connectivity index (χ1) is 11.3. The fourth-order valence-corrected chi connectivity index (χ4v) is 1.63. The van der Waals surface area contributed by atoms with Crippen LogP contribution in [0.2, 0.25) is 0 Å². The molecule has 9 heteroatoms. The molecule has 0 aliphatic heterocycles. The van der Waals surface area contributed by atoms with E-state index in [2.05, 4.69) is 0 Å². The van der Waals surface area contributed by atoms with Crippen LogP contribution in [-0.4, -0.2) is 41.5 Å². The van der Waals surface area contributed by atoms with Crippen LogP contribution in [0.3, 0.4) is 0 Å². The van der Waals surface area contributed by atoms with Crippen LogP contribution in [0.5, 0.6) is 23.0 Å². The van der Waals surface area contributed by atoms with Gasteiger partial charge in [0.15, 0.2) is 0 Å². The Morgan fingerprint density at radius 3 is 1.56 bits per heavy atom. The summed E-state index contributed by atoms with van der Waals surface area (Å²) >= 11 is 0. The van der Waals surface area contributed by atoms with Gasteiger partial charge in [-0.05, 0) is 24.3 Å². The van der Waals surface area contributed by atoms with E-state index < -0.39 is 11.9 Å². The van der Waals surface area contributed by atoms with Crippen molar-refractivity contribution in [1.29, 1.82) is 0 Å². The van der Waals surface area contributed by atoms with Crippen LogP contribution >= 0.6 is 0 Å². The van der Waals surface area contributed by atoms with E-state index in [1.165, 1.54) is 50.6 Å². The molecule has 3 N–H and O–H groups in total. The number of carboxylic acids is 2. The summed E-state index contributed by atoms with van der Waals surface area (Å²) in [6, 6.07) is 7.89. The molecule has 8 nitrogen and oxygen atoms in total. The Morgan fingerprint density at radius 2 is 1.28 bits per heavy atom. The molecule has 0 aromatic heterocycles. The second-order valence-electron chi connectivity index (χ2n) is 4.36. The zero-order valence-electron chi connectivity index (χ0n) is 13.8. The normalized spacial score (nSPS) is 9.04. The van der Waals surface area contributed by atoms with Gasteiger partial charge in [-0.15, -0.1) is 0 Å². The van der Waals surface area contributed by atoms with Gasteiger partial charge in [0.2, 0.25) is 0 Å². The molecule has 2 aromatic carbocycles. The Morgan fingerprint density at radius 1 is 0.880 bits per heavy atom. The first kappa shape index (κ1) is 23.2. The first-order valence-electron chi connectivity index (χ1n) is 6.48. The minimum Gasteiger partial charge on any atom is -0.545 e. The number of phenols is 2. The van der Waals surface area contributed by atoms with Gasteiger partial charge < -0.3 is 34.7 Å². The maximum Gasteiger partial charge on any atom is 1.00 e. The molecule has 128 valence electrons. The number of benzene rings is 2. The number of hydrogen-bond acceptors (Lipinski definition) is 7. The number of rotatable bonds is 4. The second-order valence-corrected chi connectivity index (χ2v) is 4.36. The van der Waals surface area contributed by atoms with Crippen LogP contribution in [0.4, 0.5) is 0 Å². The summed E-state index contributed by atoms with van der Waals surface area (Å²) < 4.78 is 9.53. The van der Waals surface area contributed by atoms with E-state index in [0.29, 0.717) is 11.5 Å². The number of methoxy groups -OCH3 is 2. The topological polar surface area (TPSA) is 136 Å². The summed E-state index contributed by atoms with van der Waals surface area (Å²) in [4.78, 5) is 20.7. The molecule has 0 saturated carbocycles. The molecular formula is C16H15KO8. The van der Waals surface area contributed by atoms with Gasteiger partial charge in [0.05, 0.1) is 20.2 Å². The van der Waals surface area contributed by atoms with Gasteiger partial charge in [0.1, 0.15) is 28.6 Å². The van der Waals surface area contributed by atoms with Gasteiger partial charge in [0.25, 0.3) is 0 Å². The van der Waals surface area contributed by atoms with Crippen molar-refractivity contribution in [2.45, 2.75) is 0 Å². The second kappa shape index (κ2) is 11.0. The number of carbonyl (C=O) groups is 2. The maximum absolute atomic E-state index is 10.4. The van der Waals surface area contributed by atoms with Crippen molar-refractivity contribution in [2.75, 3.05) is 14.2 Å². The molecule has 0 fully saturated rings. The van der Waals surface area contributed by atoms with Crippen molar-refractivity contribution in [1.82, 2.24) is 0 Å². The predicted molar refractivity (Wildman–Crippen MR) is 80.6 cm³/mol. The molecule has 2 aromatic rings. The molecule has 0 heterocycles. The molecule has 25 heavy (non-hydrogen) atoms. The molecule has 0 saturated heterocycles. The minimum atomic E-state index is -1.41. The van der Waals surface area contributed by atoms with E-state index >= 15 is 0 Å².